The number of benzene rings is 1. The molecule has 0 heterocycles. The second-order valence-corrected chi connectivity index (χ2v) is 6.46. The summed E-state index contributed by atoms with van der Waals surface area (Å²) >= 11 is 0. The smallest absolute Gasteiger partial charge is 0.305 e. The number of anilines is 1. The van der Waals surface area contributed by atoms with Crippen molar-refractivity contribution in [1.82, 2.24) is 0 Å². The first-order valence-electron chi connectivity index (χ1n) is 8.04. The van der Waals surface area contributed by atoms with Crippen LogP contribution in [0.2, 0.25) is 0 Å². The molecule has 0 radical (unpaired) electrons. The van der Waals surface area contributed by atoms with Crippen LogP contribution >= 0.6 is 0 Å². The van der Waals surface area contributed by atoms with E-state index in [0.29, 0.717) is 24.4 Å². The molecule has 1 fully saturated rings. The van der Waals surface area contributed by atoms with E-state index in [2.05, 4.69) is 37.8 Å². The number of carboxylic acids is 1. The summed E-state index contributed by atoms with van der Waals surface area (Å²) in [5.41, 5.74) is 2.43. The van der Waals surface area contributed by atoms with Crippen LogP contribution < -0.4 is 4.90 Å². The number of hydrogen-bond donors (Lipinski definition) is 1. The second kappa shape index (κ2) is 6.97. The summed E-state index contributed by atoms with van der Waals surface area (Å²) in [6, 6.07) is 8.78. The molecule has 0 amide bonds. The first-order valence-corrected chi connectivity index (χ1v) is 8.04. The fourth-order valence-corrected chi connectivity index (χ4v) is 3.56. The lowest BCUT2D eigenvalue weighted by Crippen LogP contribution is -2.45. The monoisotopic (exact) mass is 289 g/mol. The van der Waals surface area contributed by atoms with Gasteiger partial charge in [-0.05, 0) is 36.8 Å². The molecule has 1 N–H and O–H groups in total. The minimum Gasteiger partial charge on any atom is -0.481 e. The lowest BCUT2D eigenvalue weighted by Gasteiger charge is -2.43. The van der Waals surface area contributed by atoms with Crippen LogP contribution in [0.5, 0.6) is 0 Å². The molecule has 1 aliphatic carbocycles. The molecule has 0 bridgehead atoms. The highest BCUT2D eigenvalue weighted by Gasteiger charge is 2.32. The Morgan fingerprint density at radius 1 is 1.29 bits per heavy atom. The van der Waals surface area contributed by atoms with Crippen LogP contribution in [0.1, 0.15) is 45.1 Å². The van der Waals surface area contributed by atoms with Crippen molar-refractivity contribution in [2.24, 2.45) is 11.8 Å². The maximum atomic E-state index is 11.0. The van der Waals surface area contributed by atoms with Gasteiger partial charge in [-0.25, -0.2) is 0 Å². The fourth-order valence-electron chi connectivity index (χ4n) is 3.56. The highest BCUT2D eigenvalue weighted by molar-refractivity contribution is 5.68. The molecule has 3 atom stereocenters. The van der Waals surface area contributed by atoms with Gasteiger partial charge < -0.3 is 10.0 Å². The van der Waals surface area contributed by atoms with Crippen LogP contribution in [0.25, 0.3) is 0 Å². The lowest BCUT2D eigenvalue weighted by molar-refractivity contribution is -0.136. The lowest BCUT2D eigenvalue weighted by atomic mass is 9.77. The summed E-state index contributed by atoms with van der Waals surface area (Å²) < 4.78 is 0. The SMILES string of the molecule is Cc1ccccc1N(CCC(=O)O)C1CCCC(C)C1C. The number of aliphatic carboxylic acids is 1. The van der Waals surface area contributed by atoms with E-state index in [1.165, 1.54) is 30.5 Å². The molecule has 0 saturated heterocycles. The minimum absolute atomic E-state index is 0.200. The Morgan fingerprint density at radius 2 is 2.00 bits per heavy atom. The number of aryl methyl sites for hydroxylation is 1. The molecule has 21 heavy (non-hydrogen) atoms. The van der Waals surface area contributed by atoms with Crippen LogP contribution in [0.15, 0.2) is 24.3 Å². The zero-order valence-corrected chi connectivity index (χ0v) is 13.4. The van der Waals surface area contributed by atoms with Gasteiger partial charge in [0, 0.05) is 18.3 Å². The normalized spacial score (nSPS) is 25.6. The predicted octanol–water partition coefficient (Wildman–Crippen LogP) is 4.10. The summed E-state index contributed by atoms with van der Waals surface area (Å²) in [6.07, 6.45) is 3.90. The van der Waals surface area contributed by atoms with Crippen molar-refractivity contribution < 1.29 is 9.90 Å². The van der Waals surface area contributed by atoms with Crippen molar-refractivity contribution in [3.8, 4) is 0 Å². The average Bonchev–Trinajstić information content (AvgIpc) is 2.45. The molecule has 1 saturated carbocycles. The molecule has 3 unspecified atom stereocenters. The van der Waals surface area contributed by atoms with E-state index in [1.807, 2.05) is 12.1 Å². The molecule has 0 aromatic heterocycles. The molecular formula is C18H27NO2. The Balaban J connectivity index is 2.27. The maximum Gasteiger partial charge on any atom is 0.305 e. The first-order chi connectivity index (χ1) is 10.0. The van der Waals surface area contributed by atoms with E-state index in [9.17, 15) is 4.79 Å². The van der Waals surface area contributed by atoms with E-state index in [0.717, 1.165) is 0 Å². The largest absolute Gasteiger partial charge is 0.481 e. The quantitative estimate of drug-likeness (QED) is 0.887. The van der Waals surface area contributed by atoms with Gasteiger partial charge in [0.05, 0.1) is 6.42 Å². The van der Waals surface area contributed by atoms with Gasteiger partial charge in [0.1, 0.15) is 0 Å². The molecule has 3 nitrogen and oxygen atoms in total. The summed E-state index contributed by atoms with van der Waals surface area (Å²) in [6.45, 7) is 7.35. The third kappa shape index (κ3) is 3.78. The highest BCUT2D eigenvalue weighted by atomic mass is 16.4. The van der Waals surface area contributed by atoms with Crippen molar-refractivity contribution in [2.75, 3.05) is 11.4 Å². The van der Waals surface area contributed by atoms with Crippen molar-refractivity contribution in [3.63, 3.8) is 0 Å². The molecule has 1 aromatic carbocycles. The second-order valence-electron chi connectivity index (χ2n) is 6.46. The van der Waals surface area contributed by atoms with Gasteiger partial charge >= 0.3 is 5.97 Å². The minimum atomic E-state index is -0.718. The summed E-state index contributed by atoms with van der Waals surface area (Å²) in [5, 5.41) is 9.07. The topological polar surface area (TPSA) is 40.5 Å². The molecule has 3 heteroatoms. The Hall–Kier alpha value is -1.51. The molecule has 116 valence electrons. The van der Waals surface area contributed by atoms with Crippen molar-refractivity contribution >= 4 is 11.7 Å². The van der Waals surface area contributed by atoms with Crippen LogP contribution in [0.3, 0.4) is 0 Å². The number of nitrogens with zero attached hydrogens (tertiary/aromatic N) is 1. The molecule has 0 spiro atoms. The van der Waals surface area contributed by atoms with Gasteiger partial charge in [-0.1, -0.05) is 44.9 Å². The molecule has 2 rings (SSSR count). The highest BCUT2D eigenvalue weighted by Crippen LogP contribution is 2.36. The third-order valence-electron chi connectivity index (χ3n) is 5.06. The Morgan fingerprint density at radius 3 is 2.67 bits per heavy atom. The van der Waals surface area contributed by atoms with E-state index in [-0.39, 0.29) is 6.42 Å². The molecule has 1 aliphatic rings. The van der Waals surface area contributed by atoms with Crippen molar-refractivity contribution in [1.29, 1.82) is 0 Å². The van der Waals surface area contributed by atoms with Gasteiger partial charge in [-0.3, -0.25) is 4.79 Å². The van der Waals surface area contributed by atoms with Gasteiger partial charge in [-0.15, -0.1) is 0 Å². The number of hydrogen-bond acceptors (Lipinski definition) is 2. The van der Waals surface area contributed by atoms with E-state index < -0.39 is 5.97 Å². The van der Waals surface area contributed by atoms with Crippen LogP contribution in [-0.4, -0.2) is 23.7 Å². The molecule has 1 aromatic rings. The van der Waals surface area contributed by atoms with Crippen LogP contribution in [-0.2, 0) is 4.79 Å². The Bertz CT molecular complexity index is 486. The summed E-state index contributed by atoms with van der Waals surface area (Å²) in [7, 11) is 0. The number of carbonyl (C=O) groups is 1. The molecular weight excluding hydrogens is 262 g/mol. The molecule has 0 aliphatic heterocycles. The number of rotatable bonds is 5. The van der Waals surface area contributed by atoms with Crippen LogP contribution in [0.4, 0.5) is 5.69 Å². The zero-order valence-electron chi connectivity index (χ0n) is 13.4. The van der Waals surface area contributed by atoms with Crippen molar-refractivity contribution in [2.45, 2.75) is 52.5 Å². The number of para-hydroxylation sites is 1. The van der Waals surface area contributed by atoms with E-state index >= 15 is 0 Å². The standard InChI is InChI=1S/C18H27NO2/c1-13-8-6-10-17(15(13)3)19(12-11-18(20)21)16-9-5-4-7-14(16)2/h4-5,7,9,13,15,17H,6,8,10-12H2,1-3H3,(H,20,21). The van der Waals surface area contributed by atoms with Gasteiger partial charge in [0.25, 0.3) is 0 Å². The third-order valence-corrected chi connectivity index (χ3v) is 5.06. The van der Waals surface area contributed by atoms with E-state index in [4.69, 9.17) is 5.11 Å². The zero-order chi connectivity index (χ0) is 15.4. The van der Waals surface area contributed by atoms with Gasteiger partial charge in [0.15, 0.2) is 0 Å². The Kier molecular flexibility index (Phi) is 5.27. The number of carboxylic acid groups (broad SMARTS) is 1. The predicted molar refractivity (Wildman–Crippen MR) is 86.7 cm³/mol. The summed E-state index contributed by atoms with van der Waals surface area (Å²) in [5.74, 6) is 0.595. The maximum absolute atomic E-state index is 11.0. The van der Waals surface area contributed by atoms with Crippen LogP contribution in [0, 0.1) is 18.8 Å². The van der Waals surface area contributed by atoms with Crippen molar-refractivity contribution in [3.05, 3.63) is 29.8 Å². The van der Waals surface area contributed by atoms with Gasteiger partial charge in [-0.2, -0.15) is 0 Å². The average molecular weight is 289 g/mol. The first kappa shape index (κ1) is 15.9. The fraction of sp³-hybridized carbons (Fsp3) is 0.611. The van der Waals surface area contributed by atoms with Gasteiger partial charge in [0.2, 0.25) is 0 Å². The van der Waals surface area contributed by atoms with E-state index in [1.54, 1.807) is 0 Å². The summed E-state index contributed by atoms with van der Waals surface area (Å²) in [4.78, 5) is 13.4. The Labute approximate surface area is 128 Å².